The molecule has 0 saturated carbocycles. The molecule has 1 aromatic rings. The van der Waals surface area contributed by atoms with Crippen molar-refractivity contribution in [2.75, 3.05) is 19.6 Å². The Morgan fingerprint density at radius 1 is 1.14 bits per heavy atom. The van der Waals surface area contributed by atoms with Crippen LogP contribution in [0.5, 0.6) is 0 Å². The van der Waals surface area contributed by atoms with Crippen molar-refractivity contribution < 1.29 is 4.79 Å². The molecular formula is C19H30N2O. The van der Waals surface area contributed by atoms with Gasteiger partial charge in [-0.1, -0.05) is 50.6 Å². The average molecular weight is 302 g/mol. The second-order valence-electron chi connectivity index (χ2n) is 6.85. The van der Waals surface area contributed by atoms with Crippen LogP contribution in [0.3, 0.4) is 0 Å². The molecule has 1 fully saturated rings. The van der Waals surface area contributed by atoms with Gasteiger partial charge in [-0.05, 0) is 43.8 Å². The van der Waals surface area contributed by atoms with Crippen molar-refractivity contribution in [1.82, 2.24) is 10.2 Å². The number of benzene rings is 1. The van der Waals surface area contributed by atoms with Gasteiger partial charge >= 0.3 is 0 Å². The van der Waals surface area contributed by atoms with Gasteiger partial charge in [0.15, 0.2) is 0 Å². The van der Waals surface area contributed by atoms with E-state index in [1.54, 1.807) is 0 Å². The summed E-state index contributed by atoms with van der Waals surface area (Å²) >= 11 is 0. The van der Waals surface area contributed by atoms with Crippen LogP contribution in [0.2, 0.25) is 0 Å². The predicted octanol–water partition coefficient (Wildman–Crippen LogP) is 3.25. The lowest BCUT2D eigenvalue weighted by Crippen LogP contribution is -2.47. The van der Waals surface area contributed by atoms with Crippen LogP contribution in [0.25, 0.3) is 0 Å². The van der Waals surface area contributed by atoms with Gasteiger partial charge in [0.05, 0.1) is 6.42 Å². The SMILES string of the molecule is CC(C)CC(CNC(=O)Cc1ccccc1)N1CCCCC1. The molecule has 1 N–H and O–H groups in total. The van der Waals surface area contributed by atoms with E-state index in [0.717, 1.165) is 18.5 Å². The first kappa shape index (κ1) is 17.0. The molecule has 1 aliphatic heterocycles. The molecular weight excluding hydrogens is 272 g/mol. The Morgan fingerprint density at radius 3 is 2.45 bits per heavy atom. The smallest absolute Gasteiger partial charge is 0.224 e. The Labute approximate surface area is 135 Å². The largest absolute Gasteiger partial charge is 0.354 e. The summed E-state index contributed by atoms with van der Waals surface area (Å²) in [7, 11) is 0. The minimum absolute atomic E-state index is 0.136. The summed E-state index contributed by atoms with van der Waals surface area (Å²) < 4.78 is 0. The predicted molar refractivity (Wildman–Crippen MR) is 91.8 cm³/mol. The number of piperidine rings is 1. The van der Waals surface area contributed by atoms with Crippen LogP contribution in [0.15, 0.2) is 30.3 Å². The molecule has 22 heavy (non-hydrogen) atoms. The van der Waals surface area contributed by atoms with Crippen molar-refractivity contribution in [2.24, 2.45) is 5.92 Å². The zero-order valence-electron chi connectivity index (χ0n) is 14.1. The molecule has 3 nitrogen and oxygen atoms in total. The first-order valence-corrected chi connectivity index (χ1v) is 8.70. The maximum absolute atomic E-state index is 12.2. The minimum atomic E-state index is 0.136. The number of carbonyl (C=O) groups excluding carboxylic acids is 1. The lowest BCUT2D eigenvalue weighted by Gasteiger charge is -2.35. The molecule has 1 unspecified atom stereocenters. The van der Waals surface area contributed by atoms with E-state index in [-0.39, 0.29) is 5.91 Å². The molecule has 1 aromatic carbocycles. The first-order chi connectivity index (χ1) is 10.6. The number of amides is 1. The molecule has 1 saturated heterocycles. The van der Waals surface area contributed by atoms with Gasteiger partial charge in [-0.3, -0.25) is 9.69 Å². The van der Waals surface area contributed by atoms with E-state index in [0.29, 0.717) is 18.4 Å². The van der Waals surface area contributed by atoms with Crippen LogP contribution in [0, 0.1) is 5.92 Å². The lowest BCUT2D eigenvalue weighted by molar-refractivity contribution is -0.120. The molecule has 1 amide bonds. The normalized spacial score (nSPS) is 17.4. The second-order valence-corrected chi connectivity index (χ2v) is 6.85. The molecule has 0 bridgehead atoms. The Hall–Kier alpha value is -1.35. The highest BCUT2D eigenvalue weighted by atomic mass is 16.1. The molecule has 0 aliphatic carbocycles. The van der Waals surface area contributed by atoms with E-state index in [2.05, 4.69) is 24.1 Å². The van der Waals surface area contributed by atoms with Gasteiger partial charge in [0, 0.05) is 12.6 Å². The van der Waals surface area contributed by atoms with Crippen molar-refractivity contribution in [3.05, 3.63) is 35.9 Å². The summed E-state index contributed by atoms with van der Waals surface area (Å²) in [5, 5.41) is 3.15. The summed E-state index contributed by atoms with van der Waals surface area (Å²) in [6.07, 6.45) is 5.59. The van der Waals surface area contributed by atoms with Gasteiger partial charge in [0.25, 0.3) is 0 Å². The number of likely N-dealkylation sites (tertiary alicyclic amines) is 1. The summed E-state index contributed by atoms with van der Waals surface area (Å²) in [6.45, 7) is 7.69. The summed E-state index contributed by atoms with van der Waals surface area (Å²) in [6, 6.07) is 10.5. The molecule has 0 radical (unpaired) electrons. The fourth-order valence-corrected chi connectivity index (χ4v) is 3.26. The number of nitrogens with one attached hydrogen (secondary N) is 1. The fourth-order valence-electron chi connectivity index (χ4n) is 3.26. The molecule has 122 valence electrons. The average Bonchev–Trinajstić information content (AvgIpc) is 2.53. The standard InChI is InChI=1S/C19H30N2O/c1-16(2)13-18(21-11-7-4-8-12-21)15-20-19(22)14-17-9-5-3-6-10-17/h3,5-6,9-10,16,18H,4,7-8,11-15H2,1-2H3,(H,20,22). The quantitative estimate of drug-likeness (QED) is 0.838. The summed E-state index contributed by atoms with van der Waals surface area (Å²) in [5.74, 6) is 0.801. The van der Waals surface area contributed by atoms with Crippen LogP contribution < -0.4 is 5.32 Å². The first-order valence-electron chi connectivity index (χ1n) is 8.70. The van der Waals surface area contributed by atoms with Gasteiger partial charge in [0.2, 0.25) is 5.91 Å². The van der Waals surface area contributed by atoms with Crippen molar-refractivity contribution in [2.45, 2.75) is 52.0 Å². The van der Waals surface area contributed by atoms with E-state index >= 15 is 0 Å². The zero-order chi connectivity index (χ0) is 15.8. The monoisotopic (exact) mass is 302 g/mol. The third-order valence-corrected chi connectivity index (χ3v) is 4.39. The number of nitrogens with zero attached hydrogens (tertiary/aromatic N) is 1. The molecule has 1 atom stereocenters. The van der Waals surface area contributed by atoms with Crippen LogP contribution in [0.4, 0.5) is 0 Å². The van der Waals surface area contributed by atoms with Gasteiger partial charge in [0.1, 0.15) is 0 Å². The number of carbonyl (C=O) groups is 1. The van der Waals surface area contributed by atoms with Gasteiger partial charge in [-0.2, -0.15) is 0 Å². The third-order valence-electron chi connectivity index (χ3n) is 4.39. The number of rotatable bonds is 7. The van der Waals surface area contributed by atoms with E-state index < -0.39 is 0 Å². The van der Waals surface area contributed by atoms with Crippen molar-refractivity contribution in [3.8, 4) is 0 Å². The van der Waals surface area contributed by atoms with E-state index in [1.165, 1.54) is 32.4 Å². The Morgan fingerprint density at radius 2 is 1.82 bits per heavy atom. The Kier molecular flexibility index (Phi) is 6.91. The van der Waals surface area contributed by atoms with Crippen molar-refractivity contribution in [3.63, 3.8) is 0 Å². The second kappa shape index (κ2) is 8.94. The lowest BCUT2D eigenvalue weighted by atomic mass is 9.99. The number of hydrogen-bond acceptors (Lipinski definition) is 2. The maximum Gasteiger partial charge on any atom is 0.224 e. The topological polar surface area (TPSA) is 32.3 Å². The van der Waals surface area contributed by atoms with Crippen LogP contribution in [0.1, 0.15) is 45.1 Å². The minimum Gasteiger partial charge on any atom is -0.354 e. The molecule has 2 rings (SSSR count). The highest BCUT2D eigenvalue weighted by Crippen LogP contribution is 2.17. The molecule has 1 aliphatic rings. The van der Waals surface area contributed by atoms with E-state index in [4.69, 9.17) is 0 Å². The Balaban J connectivity index is 1.83. The van der Waals surface area contributed by atoms with Crippen molar-refractivity contribution in [1.29, 1.82) is 0 Å². The fraction of sp³-hybridized carbons (Fsp3) is 0.632. The van der Waals surface area contributed by atoms with Crippen LogP contribution in [-0.2, 0) is 11.2 Å². The van der Waals surface area contributed by atoms with Crippen LogP contribution >= 0.6 is 0 Å². The Bertz CT molecular complexity index is 438. The van der Waals surface area contributed by atoms with Crippen LogP contribution in [-0.4, -0.2) is 36.5 Å². The van der Waals surface area contributed by atoms with E-state index in [1.807, 2.05) is 30.3 Å². The highest BCUT2D eigenvalue weighted by molar-refractivity contribution is 5.78. The van der Waals surface area contributed by atoms with Gasteiger partial charge in [-0.25, -0.2) is 0 Å². The third kappa shape index (κ3) is 5.80. The van der Waals surface area contributed by atoms with Gasteiger partial charge < -0.3 is 5.32 Å². The zero-order valence-corrected chi connectivity index (χ0v) is 14.1. The summed E-state index contributed by atoms with van der Waals surface area (Å²) in [4.78, 5) is 14.7. The molecule has 0 spiro atoms. The van der Waals surface area contributed by atoms with Crippen molar-refractivity contribution >= 4 is 5.91 Å². The maximum atomic E-state index is 12.2. The van der Waals surface area contributed by atoms with Gasteiger partial charge in [-0.15, -0.1) is 0 Å². The molecule has 3 heteroatoms. The molecule has 0 aromatic heterocycles. The highest BCUT2D eigenvalue weighted by Gasteiger charge is 2.22. The van der Waals surface area contributed by atoms with E-state index in [9.17, 15) is 4.79 Å². The summed E-state index contributed by atoms with van der Waals surface area (Å²) in [5.41, 5.74) is 1.08. The molecule has 1 heterocycles. The number of hydrogen-bond donors (Lipinski definition) is 1.